The molecule has 2 fully saturated rings. The Balaban J connectivity index is 1.47. The molecule has 0 amide bonds. The summed E-state index contributed by atoms with van der Waals surface area (Å²) < 4.78 is 5.55. The molecule has 8 nitrogen and oxygen atoms in total. The highest BCUT2D eigenvalue weighted by molar-refractivity contribution is 5.50. The fourth-order valence-corrected chi connectivity index (χ4v) is 3.76. The van der Waals surface area contributed by atoms with E-state index in [4.69, 9.17) is 14.7 Å². The highest BCUT2D eigenvalue weighted by atomic mass is 16.5. The van der Waals surface area contributed by atoms with Crippen molar-refractivity contribution in [3.8, 4) is 0 Å². The number of β-amino-alcohol motifs (C(OH)–C–C–N with tert-alkyl or cyclic N) is 1. The van der Waals surface area contributed by atoms with E-state index in [0.29, 0.717) is 19.0 Å². The highest BCUT2D eigenvalue weighted by Gasteiger charge is 2.30. The zero-order valence-electron chi connectivity index (χ0n) is 14.1. The number of H-pyrrole nitrogens is 1. The van der Waals surface area contributed by atoms with Gasteiger partial charge in [0.15, 0.2) is 0 Å². The van der Waals surface area contributed by atoms with Gasteiger partial charge >= 0.3 is 0 Å². The first-order valence-electron chi connectivity index (χ1n) is 8.92. The van der Waals surface area contributed by atoms with Crippen LogP contribution in [0.5, 0.6) is 0 Å². The van der Waals surface area contributed by atoms with Crippen molar-refractivity contribution in [3.63, 3.8) is 0 Å². The zero-order chi connectivity index (χ0) is 16.8. The molecule has 2 aromatic rings. The lowest BCUT2D eigenvalue weighted by molar-refractivity contribution is 0.140. The van der Waals surface area contributed by atoms with Gasteiger partial charge in [0.1, 0.15) is 5.82 Å². The van der Waals surface area contributed by atoms with Crippen LogP contribution in [-0.2, 0) is 17.7 Å². The van der Waals surface area contributed by atoms with Gasteiger partial charge in [-0.15, -0.1) is 0 Å². The molecule has 3 aliphatic heterocycles. The quantitative estimate of drug-likeness (QED) is 0.837. The molecule has 1 atom stereocenters. The van der Waals surface area contributed by atoms with E-state index in [2.05, 4.69) is 21.2 Å². The summed E-state index contributed by atoms with van der Waals surface area (Å²) in [6, 6.07) is 2.12. The Labute approximate surface area is 145 Å². The lowest BCUT2D eigenvalue weighted by Crippen LogP contribution is -2.51. The van der Waals surface area contributed by atoms with Crippen molar-refractivity contribution in [3.05, 3.63) is 29.2 Å². The Morgan fingerprint density at radius 2 is 2.16 bits per heavy atom. The molecule has 1 unspecified atom stereocenters. The molecule has 5 rings (SSSR count). The number of nitrogens with one attached hydrogen (secondary N) is 1. The first-order chi connectivity index (χ1) is 12.3. The van der Waals surface area contributed by atoms with Gasteiger partial charge in [0.2, 0.25) is 5.95 Å². The van der Waals surface area contributed by atoms with Gasteiger partial charge in [-0.05, 0) is 6.42 Å². The number of nitrogens with zero attached hydrogens (tertiary/aromatic N) is 5. The maximum atomic E-state index is 9.63. The minimum absolute atomic E-state index is 0.269. The molecular weight excluding hydrogens is 320 g/mol. The lowest BCUT2D eigenvalue weighted by atomic mass is 10.0. The van der Waals surface area contributed by atoms with E-state index in [1.165, 1.54) is 11.3 Å². The third-order valence-corrected chi connectivity index (χ3v) is 5.34. The number of aliphatic hydroxyl groups is 1. The zero-order valence-corrected chi connectivity index (χ0v) is 14.1. The number of aromatic nitrogens is 4. The van der Waals surface area contributed by atoms with Crippen LogP contribution in [0.2, 0.25) is 0 Å². The standard InChI is InChI=1S/C17H22N6O2/c24-13-8-23(9-13)17-19-15(11-2-4-25-10-11)5-16(20-17)22-3-1-14-12(7-22)6-18-21-14/h5-6,11,13,24H,1-4,7-10H2,(H,18,21). The van der Waals surface area contributed by atoms with Crippen LogP contribution >= 0.6 is 0 Å². The summed E-state index contributed by atoms with van der Waals surface area (Å²) in [5, 5.41) is 16.9. The van der Waals surface area contributed by atoms with Crippen molar-refractivity contribution in [1.29, 1.82) is 0 Å². The van der Waals surface area contributed by atoms with Crippen molar-refractivity contribution in [2.24, 2.45) is 0 Å². The molecular formula is C17H22N6O2. The van der Waals surface area contributed by atoms with Crippen LogP contribution in [0.25, 0.3) is 0 Å². The van der Waals surface area contributed by atoms with Crippen LogP contribution in [0.3, 0.4) is 0 Å². The minimum atomic E-state index is -0.269. The van der Waals surface area contributed by atoms with Crippen LogP contribution in [0.4, 0.5) is 11.8 Å². The van der Waals surface area contributed by atoms with Gasteiger partial charge in [-0.1, -0.05) is 0 Å². The number of hydrogen-bond donors (Lipinski definition) is 2. The molecule has 0 bridgehead atoms. The molecule has 8 heteroatoms. The second-order valence-corrected chi connectivity index (χ2v) is 7.12. The molecule has 2 aromatic heterocycles. The highest BCUT2D eigenvalue weighted by Crippen LogP contribution is 2.31. The Morgan fingerprint density at radius 3 is 2.96 bits per heavy atom. The summed E-state index contributed by atoms with van der Waals surface area (Å²) in [4.78, 5) is 13.9. The Morgan fingerprint density at radius 1 is 1.24 bits per heavy atom. The SMILES string of the molecule is OC1CN(c2nc(C3CCOC3)cc(N3CCc4[nH]ncc4C3)n2)C1. The fourth-order valence-electron chi connectivity index (χ4n) is 3.76. The van der Waals surface area contributed by atoms with Crippen LogP contribution in [-0.4, -0.2) is 64.2 Å². The number of hydrogen-bond acceptors (Lipinski definition) is 7. The van der Waals surface area contributed by atoms with Gasteiger partial charge in [-0.3, -0.25) is 5.10 Å². The molecule has 3 aliphatic rings. The molecule has 2 N–H and O–H groups in total. The fraction of sp³-hybridized carbons (Fsp3) is 0.588. The third kappa shape index (κ3) is 2.75. The number of aromatic amines is 1. The van der Waals surface area contributed by atoms with E-state index < -0.39 is 0 Å². The van der Waals surface area contributed by atoms with Crippen LogP contribution in [0.15, 0.2) is 12.3 Å². The number of rotatable bonds is 3. The molecule has 0 spiro atoms. The number of aliphatic hydroxyl groups excluding tert-OH is 1. The lowest BCUT2D eigenvalue weighted by Gasteiger charge is -2.37. The van der Waals surface area contributed by atoms with E-state index in [-0.39, 0.29) is 6.10 Å². The van der Waals surface area contributed by atoms with Crippen molar-refractivity contribution < 1.29 is 9.84 Å². The molecule has 0 radical (unpaired) electrons. The predicted molar refractivity (Wildman–Crippen MR) is 91.8 cm³/mol. The van der Waals surface area contributed by atoms with Crippen LogP contribution < -0.4 is 9.80 Å². The van der Waals surface area contributed by atoms with Crippen molar-refractivity contribution >= 4 is 11.8 Å². The maximum absolute atomic E-state index is 9.63. The Kier molecular flexibility index (Phi) is 3.60. The van der Waals surface area contributed by atoms with Crippen LogP contribution in [0.1, 0.15) is 29.3 Å². The van der Waals surface area contributed by atoms with E-state index in [1.807, 2.05) is 11.1 Å². The van der Waals surface area contributed by atoms with Crippen LogP contribution in [0, 0.1) is 0 Å². The van der Waals surface area contributed by atoms with Crippen molar-refractivity contribution in [1.82, 2.24) is 20.2 Å². The molecule has 0 aromatic carbocycles. The summed E-state index contributed by atoms with van der Waals surface area (Å²) in [5.74, 6) is 2.02. The van der Waals surface area contributed by atoms with Gasteiger partial charge in [0, 0.05) is 62.4 Å². The largest absolute Gasteiger partial charge is 0.389 e. The molecule has 25 heavy (non-hydrogen) atoms. The second-order valence-electron chi connectivity index (χ2n) is 7.12. The van der Waals surface area contributed by atoms with Gasteiger partial charge in [-0.25, -0.2) is 4.98 Å². The molecule has 0 saturated carbocycles. The first-order valence-corrected chi connectivity index (χ1v) is 8.92. The monoisotopic (exact) mass is 342 g/mol. The first kappa shape index (κ1) is 15.1. The molecule has 2 saturated heterocycles. The summed E-state index contributed by atoms with van der Waals surface area (Å²) in [6.07, 6.45) is 3.58. The van der Waals surface area contributed by atoms with E-state index >= 15 is 0 Å². The second kappa shape index (κ2) is 5.96. The summed E-state index contributed by atoms with van der Waals surface area (Å²) in [7, 11) is 0. The topological polar surface area (TPSA) is 90.4 Å². The average Bonchev–Trinajstić information content (AvgIpc) is 3.29. The van der Waals surface area contributed by atoms with Crippen molar-refractivity contribution in [2.45, 2.75) is 31.4 Å². The Bertz CT molecular complexity index is 766. The number of anilines is 2. The third-order valence-electron chi connectivity index (χ3n) is 5.34. The van der Waals surface area contributed by atoms with Gasteiger partial charge in [0.25, 0.3) is 0 Å². The maximum Gasteiger partial charge on any atom is 0.227 e. The summed E-state index contributed by atoms with van der Waals surface area (Å²) >= 11 is 0. The van der Waals surface area contributed by atoms with E-state index in [0.717, 1.165) is 56.6 Å². The molecule has 132 valence electrons. The normalized spacial score (nSPS) is 23.6. The molecule has 5 heterocycles. The smallest absolute Gasteiger partial charge is 0.227 e. The molecule has 0 aliphatic carbocycles. The van der Waals surface area contributed by atoms with Gasteiger partial charge < -0.3 is 19.6 Å². The average molecular weight is 342 g/mol. The van der Waals surface area contributed by atoms with Gasteiger partial charge in [0.05, 0.1) is 24.6 Å². The summed E-state index contributed by atoms with van der Waals surface area (Å²) in [5.41, 5.74) is 3.51. The predicted octanol–water partition coefficient (Wildman–Crippen LogP) is 0.447. The number of ether oxygens (including phenoxy) is 1. The van der Waals surface area contributed by atoms with E-state index in [1.54, 1.807) is 0 Å². The van der Waals surface area contributed by atoms with E-state index in [9.17, 15) is 5.11 Å². The Hall–Kier alpha value is -2.19. The number of fused-ring (bicyclic) bond motifs is 1. The summed E-state index contributed by atoms with van der Waals surface area (Å²) in [6.45, 7) is 4.46. The minimum Gasteiger partial charge on any atom is -0.389 e. The van der Waals surface area contributed by atoms with Gasteiger partial charge in [-0.2, -0.15) is 10.1 Å². The van der Waals surface area contributed by atoms with Crippen molar-refractivity contribution in [2.75, 3.05) is 42.6 Å².